The fraction of sp³-hybridized carbons (Fsp3) is 0.154. The van der Waals surface area contributed by atoms with Crippen molar-refractivity contribution >= 4 is 5.97 Å². The van der Waals surface area contributed by atoms with Gasteiger partial charge in [0.2, 0.25) is 0 Å². The average Bonchev–Trinajstić information content (AvgIpc) is 2.71. The van der Waals surface area contributed by atoms with Gasteiger partial charge in [0.1, 0.15) is 5.56 Å². The van der Waals surface area contributed by atoms with Gasteiger partial charge < -0.3 is 5.11 Å². The van der Waals surface area contributed by atoms with Crippen molar-refractivity contribution in [3.63, 3.8) is 0 Å². The number of carboxylic acids is 1. The molecule has 0 aliphatic carbocycles. The molecule has 0 amide bonds. The lowest BCUT2D eigenvalue weighted by Crippen LogP contribution is -2.06. The molecule has 2 aromatic rings. The number of aromatic nitrogens is 2. The van der Waals surface area contributed by atoms with Gasteiger partial charge in [0, 0.05) is 0 Å². The van der Waals surface area contributed by atoms with E-state index in [1.807, 2.05) is 6.07 Å². The molecule has 18 heavy (non-hydrogen) atoms. The minimum Gasteiger partial charge on any atom is -0.478 e. The minimum absolute atomic E-state index is 0.200. The van der Waals surface area contributed by atoms with E-state index in [4.69, 9.17) is 10.4 Å². The summed E-state index contributed by atoms with van der Waals surface area (Å²) in [6.45, 7) is 2.17. The number of carbonyl (C=O) groups is 1. The number of nitrogens with zero attached hydrogens (tertiary/aromatic N) is 3. The van der Waals surface area contributed by atoms with Crippen LogP contribution in [0.15, 0.2) is 30.5 Å². The van der Waals surface area contributed by atoms with Crippen LogP contribution in [0.5, 0.6) is 0 Å². The standard InChI is InChI=1S/C13H11N3O2/c1-9-12(13(17)18)7-15-16(9)8-11-4-2-3-10(5-11)6-14/h2-5,7H,8H2,1H3,(H,17,18). The number of aromatic carboxylic acids is 1. The fourth-order valence-corrected chi connectivity index (χ4v) is 1.73. The first-order chi connectivity index (χ1) is 8.61. The molecular formula is C13H11N3O2. The van der Waals surface area contributed by atoms with Crippen molar-refractivity contribution in [1.82, 2.24) is 9.78 Å². The van der Waals surface area contributed by atoms with E-state index in [2.05, 4.69) is 11.2 Å². The van der Waals surface area contributed by atoms with E-state index in [9.17, 15) is 4.79 Å². The second kappa shape index (κ2) is 4.72. The Morgan fingerprint density at radius 1 is 1.56 bits per heavy atom. The minimum atomic E-state index is -0.982. The first kappa shape index (κ1) is 11.9. The Morgan fingerprint density at radius 2 is 2.33 bits per heavy atom. The maximum Gasteiger partial charge on any atom is 0.339 e. The zero-order chi connectivity index (χ0) is 13.1. The Bertz CT molecular complexity index is 638. The van der Waals surface area contributed by atoms with Gasteiger partial charge in [0.05, 0.1) is 30.1 Å². The second-order valence-corrected chi connectivity index (χ2v) is 3.92. The summed E-state index contributed by atoms with van der Waals surface area (Å²) in [6, 6.07) is 9.23. The largest absolute Gasteiger partial charge is 0.478 e. The molecule has 0 spiro atoms. The SMILES string of the molecule is Cc1c(C(=O)O)cnn1Cc1cccc(C#N)c1. The molecule has 1 N–H and O–H groups in total. The predicted octanol–water partition coefficient (Wildman–Crippen LogP) is 1.81. The van der Waals surface area contributed by atoms with Gasteiger partial charge in [-0.3, -0.25) is 4.68 Å². The summed E-state index contributed by atoms with van der Waals surface area (Å²) in [6.07, 6.45) is 1.34. The third kappa shape index (κ3) is 2.23. The molecule has 0 saturated carbocycles. The van der Waals surface area contributed by atoms with Crippen molar-refractivity contribution in [2.24, 2.45) is 0 Å². The highest BCUT2D eigenvalue weighted by Crippen LogP contribution is 2.11. The van der Waals surface area contributed by atoms with Gasteiger partial charge in [-0.2, -0.15) is 10.4 Å². The summed E-state index contributed by atoms with van der Waals surface area (Å²) in [5, 5.41) is 21.8. The van der Waals surface area contributed by atoms with Crippen molar-refractivity contribution in [2.75, 3.05) is 0 Å². The maximum absolute atomic E-state index is 10.9. The maximum atomic E-state index is 10.9. The van der Waals surface area contributed by atoms with Crippen LogP contribution in [0.3, 0.4) is 0 Å². The lowest BCUT2D eigenvalue weighted by atomic mass is 10.1. The lowest BCUT2D eigenvalue weighted by molar-refractivity contribution is 0.0696. The number of nitriles is 1. The van der Waals surface area contributed by atoms with Crippen LogP contribution in [0.25, 0.3) is 0 Å². The summed E-state index contributed by atoms with van der Waals surface area (Å²) in [5.41, 5.74) is 2.30. The van der Waals surface area contributed by atoms with Gasteiger partial charge in [-0.15, -0.1) is 0 Å². The zero-order valence-electron chi connectivity index (χ0n) is 9.79. The van der Waals surface area contributed by atoms with Crippen LogP contribution < -0.4 is 0 Å². The van der Waals surface area contributed by atoms with E-state index >= 15 is 0 Å². The van der Waals surface area contributed by atoms with Crippen LogP contribution in [0.4, 0.5) is 0 Å². The van der Waals surface area contributed by atoms with Crippen LogP contribution in [0, 0.1) is 18.3 Å². The van der Waals surface area contributed by atoms with E-state index in [0.717, 1.165) is 5.56 Å². The van der Waals surface area contributed by atoms with Crippen molar-refractivity contribution in [3.05, 3.63) is 52.8 Å². The number of hydrogen-bond acceptors (Lipinski definition) is 3. The van der Waals surface area contributed by atoms with Gasteiger partial charge in [0.25, 0.3) is 0 Å². The molecule has 0 aliphatic rings. The van der Waals surface area contributed by atoms with Gasteiger partial charge in [-0.25, -0.2) is 4.79 Å². The molecule has 5 nitrogen and oxygen atoms in total. The highest BCUT2D eigenvalue weighted by molar-refractivity contribution is 5.88. The Kier molecular flexibility index (Phi) is 3.11. The van der Waals surface area contributed by atoms with Crippen molar-refractivity contribution in [1.29, 1.82) is 5.26 Å². The molecule has 0 saturated heterocycles. The molecule has 5 heteroatoms. The summed E-state index contributed by atoms with van der Waals surface area (Å²) in [4.78, 5) is 10.9. The molecular weight excluding hydrogens is 230 g/mol. The van der Waals surface area contributed by atoms with E-state index in [1.165, 1.54) is 6.20 Å². The Hall–Kier alpha value is -2.61. The van der Waals surface area contributed by atoms with E-state index < -0.39 is 5.97 Å². The smallest absolute Gasteiger partial charge is 0.339 e. The zero-order valence-corrected chi connectivity index (χ0v) is 9.79. The van der Waals surface area contributed by atoms with Crippen molar-refractivity contribution in [2.45, 2.75) is 13.5 Å². The highest BCUT2D eigenvalue weighted by atomic mass is 16.4. The third-order valence-corrected chi connectivity index (χ3v) is 2.72. The van der Waals surface area contributed by atoms with E-state index in [1.54, 1.807) is 29.8 Å². The topological polar surface area (TPSA) is 78.9 Å². The highest BCUT2D eigenvalue weighted by Gasteiger charge is 2.12. The van der Waals surface area contributed by atoms with Crippen LogP contribution in [0.1, 0.15) is 27.2 Å². The predicted molar refractivity (Wildman–Crippen MR) is 64.2 cm³/mol. The van der Waals surface area contributed by atoms with E-state index in [-0.39, 0.29) is 5.56 Å². The van der Waals surface area contributed by atoms with Crippen molar-refractivity contribution in [3.8, 4) is 6.07 Å². The van der Waals surface area contributed by atoms with Crippen LogP contribution in [-0.4, -0.2) is 20.9 Å². The number of hydrogen-bond donors (Lipinski definition) is 1. The Morgan fingerprint density at radius 3 is 2.94 bits per heavy atom. The molecule has 0 fully saturated rings. The summed E-state index contributed by atoms with van der Waals surface area (Å²) in [7, 11) is 0. The number of rotatable bonds is 3. The number of benzene rings is 1. The van der Waals surface area contributed by atoms with Gasteiger partial charge in [0.15, 0.2) is 0 Å². The monoisotopic (exact) mass is 241 g/mol. The molecule has 0 unspecified atom stereocenters. The van der Waals surface area contributed by atoms with Crippen LogP contribution in [0.2, 0.25) is 0 Å². The molecule has 90 valence electrons. The van der Waals surface area contributed by atoms with Crippen molar-refractivity contribution < 1.29 is 9.90 Å². The van der Waals surface area contributed by atoms with Crippen LogP contribution in [-0.2, 0) is 6.54 Å². The normalized spacial score (nSPS) is 10.0. The molecule has 2 rings (SSSR count). The summed E-state index contributed by atoms with van der Waals surface area (Å²) in [5.74, 6) is -0.982. The molecule has 0 bridgehead atoms. The fourth-order valence-electron chi connectivity index (χ4n) is 1.73. The van der Waals surface area contributed by atoms with Gasteiger partial charge >= 0.3 is 5.97 Å². The first-order valence-electron chi connectivity index (χ1n) is 5.36. The molecule has 1 heterocycles. The molecule has 0 atom stereocenters. The molecule has 0 aliphatic heterocycles. The third-order valence-electron chi connectivity index (χ3n) is 2.72. The van der Waals surface area contributed by atoms with Gasteiger partial charge in [-0.1, -0.05) is 12.1 Å². The molecule has 0 radical (unpaired) electrons. The molecule has 1 aromatic carbocycles. The van der Waals surface area contributed by atoms with E-state index in [0.29, 0.717) is 17.8 Å². The molecule has 1 aromatic heterocycles. The Balaban J connectivity index is 2.29. The first-order valence-corrected chi connectivity index (χ1v) is 5.36. The Labute approximate surface area is 104 Å². The number of carboxylic acid groups (broad SMARTS) is 1. The van der Waals surface area contributed by atoms with Crippen LogP contribution >= 0.6 is 0 Å². The summed E-state index contributed by atoms with van der Waals surface area (Å²) >= 11 is 0. The lowest BCUT2D eigenvalue weighted by Gasteiger charge is -2.05. The average molecular weight is 241 g/mol. The quantitative estimate of drug-likeness (QED) is 0.888. The van der Waals surface area contributed by atoms with Gasteiger partial charge in [-0.05, 0) is 24.6 Å². The second-order valence-electron chi connectivity index (χ2n) is 3.92. The summed E-state index contributed by atoms with van der Waals surface area (Å²) < 4.78 is 1.61.